The molecule has 0 radical (unpaired) electrons. The van der Waals surface area contributed by atoms with Crippen LogP contribution in [0.1, 0.15) is 59.3 Å². The van der Waals surface area contributed by atoms with Crippen molar-refractivity contribution < 1.29 is 0 Å². The van der Waals surface area contributed by atoms with Crippen LogP contribution < -0.4 is 5.32 Å². The first-order valence-corrected chi connectivity index (χ1v) is 6.47. The predicted molar refractivity (Wildman–Crippen MR) is 63.5 cm³/mol. The molecule has 0 aliphatic heterocycles. The van der Waals surface area contributed by atoms with Crippen LogP contribution in [0.2, 0.25) is 0 Å². The first kappa shape index (κ1) is 12.0. The van der Waals surface area contributed by atoms with E-state index in [-0.39, 0.29) is 0 Å². The second kappa shape index (κ2) is 6.44. The van der Waals surface area contributed by atoms with Crippen LogP contribution in [-0.4, -0.2) is 12.6 Å². The molecule has 0 aromatic rings. The van der Waals surface area contributed by atoms with Gasteiger partial charge in [-0.1, -0.05) is 59.3 Å². The van der Waals surface area contributed by atoms with Gasteiger partial charge in [-0.15, -0.1) is 0 Å². The lowest BCUT2D eigenvalue weighted by Crippen LogP contribution is -2.33. The van der Waals surface area contributed by atoms with Crippen LogP contribution in [0.5, 0.6) is 0 Å². The van der Waals surface area contributed by atoms with Crippen LogP contribution in [0.15, 0.2) is 0 Å². The van der Waals surface area contributed by atoms with Gasteiger partial charge in [-0.25, -0.2) is 0 Å². The third kappa shape index (κ3) is 4.00. The van der Waals surface area contributed by atoms with Gasteiger partial charge in [0.05, 0.1) is 0 Å². The SMILES string of the molecule is CCC(CNC(C)C)C1CCCCC1. The number of hydrogen-bond acceptors (Lipinski definition) is 1. The Labute approximate surface area is 89.7 Å². The maximum atomic E-state index is 3.59. The van der Waals surface area contributed by atoms with Crippen molar-refractivity contribution in [3.05, 3.63) is 0 Å². The largest absolute Gasteiger partial charge is 0.314 e. The van der Waals surface area contributed by atoms with Crippen molar-refractivity contribution in [1.82, 2.24) is 5.32 Å². The summed E-state index contributed by atoms with van der Waals surface area (Å²) in [5, 5.41) is 3.59. The molecule has 1 rings (SSSR count). The van der Waals surface area contributed by atoms with Crippen LogP contribution in [0.4, 0.5) is 0 Å². The average Bonchev–Trinajstić information content (AvgIpc) is 2.20. The Morgan fingerprint density at radius 2 is 1.79 bits per heavy atom. The summed E-state index contributed by atoms with van der Waals surface area (Å²) in [5.41, 5.74) is 0. The van der Waals surface area contributed by atoms with Crippen LogP contribution in [0.25, 0.3) is 0 Å². The molecule has 84 valence electrons. The molecule has 0 amide bonds. The number of rotatable bonds is 5. The molecule has 0 heterocycles. The van der Waals surface area contributed by atoms with E-state index < -0.39 is 0 Å². The molecule has 1 atom stereocenters. The van der Waals surface area contributed by atoms with Gasteiger partial charge in [-0.3, -0.25) is 0 Å². The Morgan fingerprint density at radius 1 is 1.14 bits per heavy atom. The summed E-state index contributed by atoms with van der Waals surface area (Å²) in [7, 11) is 0. The van der Waals surface area contributed by atoms with Crippen molar-refractivity contribution >= 4 is 0 Å². The van der Waals surface area contributed by atoms with Gasteiger partial charge in [-0.05, 0) is 18.4 Å². The highest BCUT2D eigenvalue weighted by Crippen LogP contribution is 2.31. The predicted octanol–water partition coefficient (Wildman–Crippen LogP) is 3.59. The zero-order valence-electron chi connectivity index (χ0n) is 10.2. The van der Waals surface area contributed by atoms with Gasteiger partial charge in [0.1, 0.15) is 0 Å². The Bertz CT molecular complexity index is 136. The second-order valence-corrected chi connectivity index (χ2v) is 5.13. The topological polar surface area (TPSA) is 12.0 Å². The molecule has 0 aromatic carbocycles. The van der Waals surface area contributed by atoms with Gasteiger partial charge < -0.3 is 5.32 Å². The molecule has 1 heteroatoms. The average molecular weight is 197 g/mol. The van der Waals surface area contributed by atoms with E-state index in [4.69, 9.17) is 0 Å². The summed E-state index contributed by atoms with van der Waals surface area (Å²) in [5.74, 6) is 1.94. The van der Waals surface area contributed by atoms with E-state index in [0.717, 1.165) is 11.8 Å². The lowest BCUT2D eigenvalue weighted by atomic mass is 9.79. The van der Waals surface area contributed by atoms with E-state index in [1.165, 1.54) is 45.1 Å². The molecule has 0 saturated heterocycles. The Kier molecular flexibility index (Phi) is 5.54. The molecule has 0 bridgehead atoms. The minimum atomic E-state index is 0.646. The summed E-state index contributed by atoms with van der Waals surface area (Å²) in [6.07, 6.45) is 8.75. The summed E-state index contributed by atoms with van der Waals surface area (Å²) >= 11 is 0. The van der Waals surface area contributed by atoms with Crippen molar-refractivity contribution in [3.8, 4) is 0 Å². The third-order valence-corrected chi connectivity index (χ3v) is 3.63. The molecule has 1 aliphatic carbocycles. The highest BCUT2D eigenvalue weighted by Gasteiger charge is 2.21. The van der Waals surface area contributed by atoms with E-state index >= 15 is 0 Å². The van der Waals surface area contributed by atoms with Crippen LogP contribution in [0.3, 0.4) is 0 Å². The first-order chi connectivity index (χ1) is 6.74. The molecule has 1 saturated carbocycles. The lowest BCUT2D eigenvalue weighted by Gasteiger charge is -2.30. The molecule has 1 fully saturated rings. The fourth-order valence-corrected chi connectivity index (χ4v) is 2.64. The Morgan fingerprint density at radius 3 is 2.29 bits per heavy atom. The molecule has 1 unspecified atom stereocenters. The second-order valence-electron chi connectivity index (χ2n) is 5.13. The smallest absolute Gasteiger partial charge is 0.00104 e. The summed E-state index contributed by atoms with van der Waals surface area (Å²) in [6.45, 7) is 8.07. The van der Waals surface area contributed by atoms with Crippen molar-refractivity contribution in [2.75, 3.05) is 6.54 Å². The van der Waals surface area contributed by atoms with Gasteiger partial charge >= 0.3 is 0 Å². The lowest BCUT2D eigenvalue weighted by molar-refractivity contribution is 0.232. The molecule has 1 N–H and O–H groups in total. The van der Waals surface area contributed by atoms with Crippen molar-refractivity contribution in [3.63, 3.8) is 0 Å². The van der Waals surface area contributed by atoms with Crippen LogP contribution in [-0.2, 0) is 0 Å². The third-order valence-electron chi connectivity index (χ3n) is 3.63. The fraction of sp³-hybridized carbons (Fsp3) is 1.00. The van der Waals surface area contributed by atoms with E-state index in [0.29, 0.717) is 6.04 Å². The minimum absolute atomic E-state index is 0.646. The normalized spacial score (nSPS) is 21.4. The quantitative estimate of drug-likeness (QED) is 0.710. The van der Waals surface area contributed by atoms with Gasteiger partial charge in [0, 0.05) is 6.04 Å². The number of nitrogens with one attached hydrogen (secondary N) is 1. The molecular formula is C13H27N. The monoisotopic (exact) mass is 197 g/mol. The van der Waals surface area contributed by atoms with Gasteiger partial charge in [0.15, 0.2) is 0 Å². The highest BCUT2D eigenvalue weighted by molar-refractivity contribution is 4.75. The van der Waals surface area contributed by atoms with Gasteiger partial charge in [0.25, 0.3) is 0 Å². The summed E-state index contributed by atoms with van der Waals surface area (Å²) in [4.78, 5) is 0. The highest BCUT2D eigenvalue weighted by atomic mass is 14.9. The van der Waals surface area contributed by atoms with E-state index in [2.05, 4.69) is 26.1 Å². The van der Waals surface area contributed by atoms with Crippen molar-refractivity contribution in [2.24, 2.45) is 11.8 Å². The molecule has 14 heavy (non-hydrogen) atoms. The minimum Gasteiger partial charge on any atom is -0.314 e. The summed E-state index contributed by atoms with van der Waals surface area (Å²) < 4.78 is 0. The van der Waals surface area contributed by atoms with Crippen LogP contribution >= 0.6 is 0 Å². The van der Waals surface area contributed by atoms with Crippen molar-refractivity contribution in [1.29, 1.82) is 0 Å². The first-order valence-electron chi connectivity index (χ1n) is 6.47. The Hall–Kier alpha value is -0.0400. The molecule has 0 aromatic heterocycles. The van der Waals surface area contributed by atoms with Gasteiger partial charge in [0.2, 0.25) is 0 Å². The van der Waals surface area contributed by atoms with E-state index in [1.54, 1.807) is 0 Å². The summed E-state index contributed by atoms with van der Waals surface area (Å²) in [6, 6.07) is 0.646. The van der Waals surface area contributed by atoms with Crippen molar-refractivity contribution in [2.45, 2.75) is 65.3 Å². The van der Waals surface area contributed by atoms with E-state index in [1.807, 2.05) is 0 Å². The fourth-order valence-electron chi connectivity index (χ4n) is 2.64. The van der Waals surface area contributed by atoms with E-state index in [9.17, 15) is 0 Å². The maximum Gasteiger partial charge on any atom is 0.00104 e. The van der Waals surface area contributed by atoms with Gasteiger partial charge in [-0.2, -0.15) is 0 Å². The number of hydrogen-bond donors (Lipinski definition) is 1. The maximum absolute atomic E-state index is 3.59. The Balaban J connectivity index is 2.28. The standard InChI is InChI=1S/C13H27N/c1-4-12(10-14-11(2)3)13-8-6-5-7-9-13/h11-14H,4-10H2,1-3H3. The molecule has 1 nitrogen and oxygen atoms in total. The zero-order chi connectivity index (χ0) is 10.4. The van der Waals surface area contributed by atoms with Crippen LogP contribution in [0, 0.1) is 11.8 Å². The zero-order valence-corrected chi connectivity index (χ0v) is 10.2. The molecule has 0 spiro atoms. The molecular weight excluding hydrogens is 170 g/mol. The molecule has 1 aliphatic rings.